The average Bonchev–Trinajstić information content (AvgIpc) is 3.17. The van der Waals surface area contributed by atoms with Gasteiger partial charge in [-0.1, -0.05) is 0 Å². The normalized spacial score (nSPS) is 15.0. The van der Waals surface area contributed by atoms with Crippen molar-refractivity contribution in [2.24, 2.45) is 7.05 Å². The SMILES string of the molecule is Cc1nc(N)nc(N[C@@H](C)c2nc3ccn(C)c3cc2N2CCN(C(=O)OC(C)(C)C)CC2)c1C#N. The largest absolute Gasteiger partial charge is 0.444 e. The standard InChI is InChI=1S/C25H33N9O2/c1-15-17(14-26)22(31-23(27)29-15)28-16(2)21-20(13-19-18(30-21)7-8-32(19)6)33-9-11-34(12-10-33)24(35)36-25(3,4)5/h7-8,13,16H,9-12H2,1-6H3,(H3,27,28,29,31)/t16-/m0/s1. The highest BCUT2D eigenvalue weighted by Gasteiger charge is 2.28. The summed E-state index contributed by atoms with van der Waals surface area (Å²) in [6.07, 6.45) is 1.68. The van der Waals surface area contributed by atoms with E-state index in [0.29, 0.717) is 43.3 Å². The third kappa shape index (κ3) is 5.12. The minimum atomic E-state index is -0.533. The van der Waals surface area contributed by atoms with Gasteiger partial charge in [-0.15, -0.1) is 0 Å². The minimum absolute atomic E-state index is 0.103. The molecule has 0 radical (unpaired) electrons. The topological polar surface area (TPSA) is 138 Å². The van der Waals surface area contributed by atoms with Gasteiger partial charge in [0.1, 0.15) is 23.1 Å². The molecule has 3 aromatic heterocycles. The van der Waals surface area contributed by atoms with Gasteiger partial charge in [-0.25, -0.2) is 14.8 Å². The molecule has 0 bridgehead atoms. The molecule has 1 fully saturated rings. The molecule has 36 heavy (non-hydrogen) atoms. The fourth-order valence-electron chi connectivity index (χ4n) is 4.32. The molecule has 1 aliphatic rings. The van der Waals surface area contributed by atoms with Crippen LogP contribution in [0.3, 0.4) is 0 Å². The lowest BCUT2D eigenvalue weighted by molar-refractivity contribution is 0.0240. The number of fused-ring (bicyclic) bond motifs is 1. The molecule has 4 heterocycles. The van der Waals surface area contributed by atoms with Crippen LogP contribution in [0.25, 0.3) is 11.0 Å². The summed E-state index contributed by atoms with van der Waals surface area (Å²) in [5.41, 5.74) is 9.86. The Hall–Kier alpha value is -4.07. The molecular weight excluding hydrogens is 458 g/mol. The molecule has 3 N–H and O–H groups in total. The summed E-state index contributed by atoms with van der Waals surface area (Å²) in [7, 11) is 1.99. The number of aromatic nitrogens is 4. The van der Waals surface area contributed by atoms with E-state index in [1.165, 1.54) is 0 Å². The maximum Gasteiger partial charge on any atom is 0.410 e. The number of carbonyl (C=O) groups excluding carboxylic acids is 1. The van der Waals surface area contributed by atoms with Crippen LogP contribution in [0.1, 0.15) is 50.7 Å². The van der Waals surface area contributed by atoms with Gasteiger partial charge >= 0.3 is 6.09 Å². The van der Waals surface area contributed by atoms with E-state index < -0.39 is 5.60 Å². The number of rotatable bonds is 4. The van der Waals surface area contributed by atoms with Crippen molar-refractivity contribution in [1.29, 1.82) is 5.26 Å². The Labute approximate surface area is 210 Å². The highest BCUT2D eigenvalue weighted by Crippen LogP contribution is 2.32. The van der Waals surface area contributed by atoms with Gasteiger partial charge in [0.25, 0.3) is 0 Å². The number of anilines is 3. The van der Waals surface area contributed by atoms with Crippen molar-refractivity contribution in [1.82, 2.24) is 24.4 Å². The van der Waals surface area contributed by atoms with Crippen LogP contribution in [0.15, 0.2) is 18.3 Å². The summed E-state index contributed by atoms with van der Waals surface area (Å²) in [6, 6.07) is 5.98. The first-order valence-electron chi connectivity index (χ1n) is 12.0. The van der Waals surface area contributed by atoms with Crippen LogP contribution in [-0.2, 0) is 11.8 Å². The Balaban J connectivity index is 1.64. The zero-order chi connectivity index (χ0) is 26.2. The van der Waals surface area contributed by atoms with Gasteiger partial charge in [-0.05, 0) is 46.8 Å². The van der Waals surface area contributed by atoms with Gasteiger partial charge in [-0.2, -0.15) is 10.2 Å². The Morgan fingerprint density at radius 1 is 1.22 bits per heavy atom. The van der Waals surface area contributed by atoms with Crippen LogP contribution in [0, 0.1) is 18.3 Å². The number of nitrogens with two attached hydrogens (primary N) is 1. The van der Waals surface area contributed by atoms with Crippen LogP contribution >= 0.6 is 0 Å². The number of piperazine rings is 1. The van der Waals surface area contributed by atoms with Crippen molar-refractivity contribution < 1.29 is 9.53 Å². The number of hydrogen-bond donors (Lipinski definition) is 2. The lowest BCUT2D eigenvalue weighted by atomic mass is 10.1. The van der Waals surface area contributed by atoms with Crippen LogP contribution in [0.2, 0.25) is 0 Å². The Morgan fingerprint density at radius 2 is 1.92 bits per heavy atom. The molecule has 4 rings (SSSR count). The van der Waals surface area contributed by atoms with E-state index in [1.807, 2.05) is 51.6 Å². The van der Waals surface area contributed by atoms with Gasteiger partial charge < -0.3 is 30.2 Å². The minimum Gasteiger partial charge on any atom is -0.444 e. The molecule has 0 spiro atoms. The first kappa shape index (κ1) is 25.0. The molecule has 0 unspecified atom stereocenters. The van der Waals surface area contributed by atoms with E-state index in [-0.39, 0.29) is 18.1 Å². The lowest BCUT2D eigenvalue weighted by Crippen LogP contribution is -2.50. The molecule has 190 valence electrons. The predicted octanol–water partition coefficient (Wildman–Crippen LogP) is 3.36. The van der Waals surface area contributed by atoms with Crippen LogP contribution < -0.4 is 16.0 Å². The second-order valence-corrected chi connectivity index (χ2v) is 10.0. The highest BCUT2D eigenvalue weighted by molar-refractivity contribution is 5.81. The van der Waals surface area contributed by atoms with E-state index in [9.17, 15) is 10.1 Å². The van der Waals surface area contributed by atoms with Crippen molar-refractivity contribution in [2.75, 3.05) is 42.1 Å². The molecule has 3 aromatic rings. The number of nitriles is 1. The molecule has 1 amide bonds. The molecule has 1 saturated heterocycles. The molecule has 0 saturated carbocycles. The third-order valence-electron chi connectivity index (χ3n) is 6.13. The van der Waals surface area contributed by atoms with Crippen molar-refractivity contribution in [2.45, 2.75) is 46.3 Å². The molecule has 1 aliphatic heterocycles. The highest BCUT2D eigenvalue weighted by atomic mass is 16.6. The number of carbonyl (C=O) groups is 1. The number of aryl methyl sites for hydroxylation is 2. The van der Waals surface area contributed by atoms with Crippen molar-refractivity contribution in [3.8, 4) is 6.07 Å². The summed E-state index contributed by atoms with van der Waals surface area (Å²) in [6.45, 7) is 11.7. The quantitative estimate of drug-likeness (QED) is 0.562. The first-order chi connectivity index (χ1) is 17.0. The summed E-state index contributed by atoms with van der Waals surface area (Å²) in [5.74, 6) is 0.483. The number of nitrogens with one attached hydrogen (secondary N) is 1. The Morgan fingerprint density at radius 3 is 2.56 bits per heavy atom. The van der Waals surface area contributed by atoms with E-state index >= 15 is 0 Å². The summed E-state index contributed by atoms with van der Waals surface area (Å²) >= 11 is 0. The fraction of sp³-hybridized carbons (Fsp3) is 0.480. The monoisotopic (exact) mass is 491 g/mol. The van der Waals surface area contributed by atoms with Gasteiger partial charge in [-0.3, -0.25) is 0 Å². The van der Waals surface area contributed by atoms with E-state index in [1.54, 1.807) is 11.8 Å². The van der Waals surface area contributed by atoms with Crippen LogP contribution in [0.4, 0.5) is 22.2 Å². The predicted molar refractivity (Wildman–Crippen MR) is 139 cm³/mol. The maximum absolute atomic E-state index is 12.5. The molecule has 0 aromatic carbocycles. The second-order valence-electron chi connectivity index (χ2n) is 10.0. The van der Waals surface area contributed by atoms with Crippen molar-refractivity contribution in [3.05, 3.63) is 35.3 Å². The molecule has 0 aliphatic carbocycles. The number of ether oxygens (including phenoxy) is 1. The molecule has 11 heteroatoms. The average molecular weight is 492 g/mol. The van der Waals surface area contributed by atoms with E-state index in [2.05, 4.69) is 32.3 Å². The fourth-order valence-corrected chi connectivity index (χ4v) is 4.32. The van der Waals surface area contributed by atoms with Crippen LogP contribution in [0.5, 0.6) is 0 Å². The molecular formula is C25H33N9O2. The van der Waals surface area contributed by atoms with E-state index in [4.69, 9.17) is 15.5 Å². The van der Waals surface area contributed by atoms with Gasteiger partial charge in [0.05, 0.1) is 34.2 Å². The first-order valence-corrected chi connectivity index (χ1v) is 12.0. The van der Waals surface area contributed by atoms with Gasteiger partial charge in [0.15, 0.2) is 0 Å². The number of pyridine rings is 1. The molecule has 11 nitrogen and oxygen atoms in total. The number of nitrogen functional groups attached to an aromatic ring is 1. The van der Waals surface area contributed by atoms with Gasteiger partial charge in [0, 0.05) is 39.4 Å². The maximum atomic E-state index is 12.5. The summed E-state index contributed by atoms with van der Waals surface area (Å²) in [5, 5.41) is 13.0. The third-order valence-corrected chi connectivity index (χ3v) is 6.13. The smallest absolute Gasteiger partial charge is 0.410 e. The number of hydrogen-bond acceptors (Lipinski definition) is 9. The molecule has 1 atom stereocenters. The summed E-state index contributed by atoms with van der Waals surface area (Å²) in [4.78, 5) is 29.9. The summed E-state index contributed by atoms with van der Waals surface area (Å²) < 4.78 is 7.58. The lowest BCUT2D eigenvalue weighted by Gasteiger charge is -2.37. The zero-order valence-corrected chi connectivity index (χ0v) is 21.7. The zero-order valence-electron chi connectivity index (χ0n) is 21.7. The Kier molecular flexibility index (Phi) is 6.63. The van der Waals surface area contributed by atoms with Crippen LogP contribution in [-0.4, -0.2) is 62.3 Å². The van der Waals surface area contributed by atoms with Crippen molar-refractivity contribution >= 4 is 34.6 Å². The van der Waals surface area contributed by atoms with E-state index in [0.717, 1.165) is 22.4 Å². The van der Waals surface area contributed by atoms with Crippen molar-refractivity contribution in [3.63, 3.8) is 0 Å². The number of amides is 1. The van der Waals surface area contributed by atoms with Gasteiger partial charge in [0.2, 0.25) is 5.95 Å². The second kappa shape index (κ2) is 9.53. The Bertz CT molecular complexity index is 1330. The number of nitrogens with zero attached hydrogens (tertiary/aromatic N) is 7.